The third kappa shape index (κ3) is 4.19. The van der Waals surface area contributed by atoms with E-state index >= 15 is 0 Å². The topological polar surface area (TPSA) is 105 Å². The van der Waals surface area contributed by atoms with Crippen LogP contribution in [0.3, 0.4) is 0 Å². The van der Waals surface area contributed by atoms with E-state index in [0.717, 1.165) is 10.5 Å². The Labute approximate surface area is 134 Å². The summed E-state index contributed by atoms with van der Waals surface area (Å²) in [7, 11) is 0. The predicted octanol–water partition coefficient (Wildman–Crippen LogP) is 0.693. The fraction of sp³-hybridized carbons (Fsp3) is 0.357. The molecule has 1 saturated heterocycles. The first-order valence-electron chi connectivity index (χ1n) is 6.69. The third-order valence-corrected chi connectivity index (χ3v) is 3.27. The van der Waals surface area contributed by atoms with Gasteiger partial charge in [0.1, 0.15) is 0 Å². The quantitative estimate of drug-likeness (QED) is 0.692. The molecule has 1 heterocycles. The van der Waals surface area contributed by atoms with E-state index in [1.807, 2.05) is 0 Å². The van der Waals surface area contributed by atoms with Crippen LogP contribution >= 0.6 is 12.4 Å². The number of hydrogen-bond donors (Lipinski definition) is 3. The first-order chi connectivity index (χ1) is 10.0. The average Bonchev–Trinajstić information content (AvgIpc) is 2.78. The second kappa shape index (κ2) is 7.77. The molecule has 0 aliphatic carbocycles. The maximum absolute atomic E-state index is 11.8. The molecule has 7 nitrogen and oxygen atoms in total. The van der Waals surface area contributed by atoms with Crippen molar-refractivity contribution in [3.8, 4) is 0 Å². The molecule has 1 atom stereocenters. The minimum atomic E-state index is -0.397. The highest BCUT2D eigenvalue weighted by molar-refractivity contribution is 6.01. The number of halogens is 1. The second-order valence-electron chi connectivity index (χ2n) is 4.96. The van der Waals surface area contributed by atoms with Gasteiger partial charge in [0.25, 0.3) is 0 Å². The third-order valence-electron chi connectivity index (χ3n) is 3.27. The molecule has 1 fully saturated rings. The first kappa shape index (κ1) is 17.9. The summed E-state index contributed by atoms with van der Waals surface area (Å²) in [6.45, 7) is 2.23. The standard InChI is InChI=1S/C14H18N4O3.ClH/c1-9(6-15)13(20)17-11-4-2-3-10(5-11)8-18-12(19)7-16-14(18)21;/h2-5,9H,6-8,15H2,1H3,(H,16,21)(H,17,20);1H. The van der Waals surface area contributed by atoms with Crippen molar-refractivity contribution in [3.05, 3.63) is 29.8 Å². The summed E-state index contributed by atoms with van der Waals surface area (Å²) in [5.74, 6) is -0.699. The largest absolute Gasteiger partial charge is 0.330 e. The van der Waals surface area contributed by atoms with Crippen LogP contribution in [0.4, 0.5) is 10.5 Å². The molecule has 0 aromatic heterocycles. The molecule has 0 bridgehead atoms. The molecular formula is C14H19ClN4O3. The molecule has 4 N–H and O–H groups in total. The summed E-state index contributed by atoms with van der Waals surface area (Å²) in [5, 5.41) is 5.22. The van der Waals surface area contributed by atoms with Crippen molar-refractivity contribution >= 4 is 35.9 Å². The highest BCUT2D eigenvalue weighted by Gasteiger charge is 2.28. The van der Waals surface area contributed by atoms with Gasteiger partial charge in [-0.05, 0) is 17.7 Å². The second-order valence-corrected chi connectivity index (χ2v) is 4.96. The normalized spacial score (nSPS) is 15.1. The van der Waals surface area contributed by atoms with Crippen LogP contribution in [0.5, 0.6) is 0 Å². The number of imide groups is 1. The number of amides is 4. The number of carbonyl (C=O) groups excluding carboxylic acids is 3. The van der Waals surface area contributed by atoms with Crippen molar-refractivity contribution in [2.24, 2.45) is 11.7 Å². The van der Waals surface area contributed by atoms with Gasteiger partial charge < -0.3 is 16.4 Å². The van der Waals surface area contributed by atoms with Gasteiger partial charge in [0, 0.05) is 18.2 Å². The first-order valence-corrected chi connectivity index (χ1v) is 6.69. The Bertz CT molecular complexity index is 563. The molecule has 1 aromatic carbocycles. The Morgan fingerprint density at radius 3 is 2.77 bits per heavy atom. The van der Waals surface area contributed by atoms with Crippen molar-refractivity contribution in [2.45, 2.75) is 13.5 Å². The molecule has 1 unspecified atom stereocenters. The molecule has 120 valence electrons. The van der Waals surface area contributed by atoms with Gasteiger partial charge in [-0.2, -0.15) is 0 Å². The van der Waals surface area contributed by atoms with Crippen LogP contribution < -0.4 is 16.4 Å². The van der Waals surface area contributed by atoms with E-state index in [1.165, 1.54) is 0 Å². The van der Waals surface area contributed by atoms with Crippen molar-refractivity contribution in [3.63, 3.8) is 0 Å². The summed E-state index contributed by atoms with van der Waals surface area (Å²) < 4.78 is 0. The highest BCUT2D eigenvalue weighted by atomic mass is 35.5. The smallest absolute Gasteiger partial charge is 0.324 e. The van der Waals surface area contributed by atoms with E-state index in [2.05, 4.69) is 10.6 Å². The van der Waals surface area contributed by atoms with Gasteiger partial charge in [-0.25, -0.2) is 4.79 Å². The van der Waals surface area contributed by atoms with Gasteiger partial charge in [0.05, 0.1) is 13.1 Å². The lowest BCUT2D eigenvalue weighted by Gasteiger charge is -2.14. The van der Waals surface area contributed by atoms with E-state index in [0.29, 0.717) is 5.69 Å². The molecule has 0 saturated carbocycles. The molecule has 1 aliphatic rings. The fourth-order valence-electron chi connectivity index (χ4n) is 1.92. The Morgan fingerprint density at radius 2 is 2.18 bits per heavy atom. The number of nitrogens with two attached hydrogens (primary N) is 1. The number of hydrogen-bond acceptors (Lipinski definition) is 4. The molecule has 1 aromatic rings. The number of benzene rings is 1. The maximum Gasteiger partial charge on any atom is 0.324 e. The van der Waals surface area contributed by atoms with E-state index in [4.69, 9.17) is 5.73 Å². The Morgan fingerprint density at radius 1 is 1.45 bits per heavy atom. The van der Waals surface area contributed by atoms with E-state index in [9.17, 15) is 14.4 Å². The lowest BCUT2D eigenvalue weighted by molar-refractivity contribution is -0.125. The van der Waals surface area contributed by atoms with E-state index in [1.54, 1.807) is 31.2 Å². The lowest BCUT2D eigenvalue weighted by atomic mass is 10.1. The van der Waals surface area contributed by atoms with Gasteiger partial charge in [-0.15, -0.1) is 12.4 Å². The average molecular weight is 327 g/mol. The van der Waals surface area contributed by atoms with Crippen molar-refractivity contribution in [1.29, 1.82) is 0 Å². The Kier molecular flexibility index (Phi) is 6.33. The Hall–Kier alpha value is -2.12. The molecular weight excluding hydrogens is 308 g/mol. The minimum absolute atomic E-state index is 0. The zero-order valence-electron chi connectivity index (χ0n) is 12.2. The Balaban J connectivity index is 0.00000242. The maximum atomic E-state index is 11.8. The van der Waals surface area contributed by atoms with Crippen molar-refractivity contribution in [1.82, 2.24) is 10.2 Å². The molecule has 4 amide bonds. The number of rotatable bonds is 5. The van der Waals surface area contributed by atoms with Crippen LogP contribution in [0.15, 0.2) is 24.3 Å². The summed E-state index contributed by atoms with van der Waals surface area (Å²) in [4.78, 5) is 36.0. The summed E-state index contributed by atoms with van der Waals surface area (Å²) in [6, 6.07) is 6.64. The number of nitrogens with zero attached hydrogens (tertiary/aromatic N) is 1. The number of anilines is 1. The summed E-state index contributed by atoms with van der Waals surface area (Å²) in [5.41, 5.74) is 6.82. The van der Waals surface area contributed by atoms with Gasteiger partial charge in [-0.3, -0.25) is 14.5 Å². The highest BCUT2D eigenvalue weighted by Crippen LogP contribution is 2.15. The van der Waals surface area contributed by atoms with E-state index < -0.39 is 6.03 Å². The molecule has 0 radical (unpaired) electrons. The zero-order valence-corrected chi connectivity index (χ0v) is 13.0. The molecule has 0 spiro atoms. The number of carbonyl (C=O) groups is 3. The monoisotopic (exact) mass is 326 g/mol. The fourth-order valence-corrected chi connectivity index (χ4v) is 1.92. The van der Waals surface area contributed by atoms with Crippen molar-refractivity contribution < 1.29 is 14.4 Å². The van der Waals surface area contributed by atoms with Crippen LogP contribution in [0.1, 0.15) is 12.5 Å². The number of urea groups is 1. The molecule has 22 heavy (non-hydrogen) atoms. The van der Waals surface area contributed by atoms with Crippen LogP contribution in [-0.4, -0.2) is 35.8 Å². The van der Waals surface area contributed by atoms with Gasteiger partial charge in [0.15, 0.2) is 0 Å². The number of nitrogens with one attached hydrogen (secondary N) is 2. The van der Waals surface area contributed by atoms with Crippen LogP contribution in [0, 0.1) is 5.92 Å². The lowest BCUT2D eigenvalue weighted by Crippen LogP contribution is -2.30. The van der Waals surface area contributed by atoms with Gasteiger partial charge >= 0.3 is 6.03 Å². The minimum Gasteiger partial charge on any atom is -0.330 e. The van der Waals surface area contributed by atoms with Crippen molar-refractivity contribution in [2.75, 3.05) is 18.4 Å². The van der Waals surface area contributed by atoms with Crippen LogP contribution in [0.25, 0.3) is 0 Å². The predicted molar refractivity (Wildman–Crippen MR) is 84.5 cm³/mol. The van der Waals surface area contributed by atoms with Gasteiger partial charge in [0.2, 0.25) is 11.8 Å². The van der Waals surface area contributed by atoms with Crippen LogP contribution in [0.2, 0.25) is 0 Å². The van der Waals surface area contributed by atoms with E-state index in [-0.39, 0.29) is 49.8 Å². The summed E-state index contributed by atoms with van der Waals surface area (Å²) >= 11 is 0. The SMILES string of the molecule is CC(CN)C(=O)Nc1cccc(CN2C(=O)CNC2=O)c1.Cl. The van der Waals surface area contributed by atoms with Gasteiger partial charge in [-0.1, -0.05) is 19.1 Å². The zero-order chi connectivity index (χ0) is 15.4. The van der Waals surface area contributed by atoms with Crippen LogP contribution in [-0.2, 0) is 16.1 Å². The summed E-state index contributed by atoms with van der Waals surface area (Å²) in [6.07, 6.45) is 0. The molecule has 2 rings (SSSR count). The molecule has 8 heteroatoms. The molecule has 1 aliphatic heterocycles.